The first-order valence-electron chi connectivity index (χ1n) is 9.16. The Kier molecular flexibility index (Phi) is 6.19. The van der Waals surface area contributed by atoms with E-state index in [0.29, 0.717) is 12.5 Å². The van der Waals surface area contributed by atoms with Crippen LogP contribution in [0.25, 0.3) is 0 Å². The zero-order chi connectivity index (χ0) is 17.6. The molecule has 2 N–H and O–H groups in total. The van der Waals surface area contributed by atoms with Crippen LogP contribution in [0.5, 0.6) is 0 Å². The molecule has 5 nitrogen and oxygen atoms in total. The summed E-state index contributed by atoms with van der Waals surface area (Å²) in [6.45, 7) is 2.23. The number of carbonyl (C=O) groups is 1. The van der Waals surface area contributed by atoms with Crippen LogP contribution in [0.1, 0.15) is 37.7 Å². The molecule has 0 bridgehead atoms. The van der Waals surface area contributed by atoms with Gasteiger partial charge in [-0.05, 0) is 30.9 Å². The van der Waals surface area contributed by atoms with Gasteiger partial charge in [0.05, 0.1) is 0 Å². The van der Waals surface area contributed by atoms with Crippen LogP contribution in [0.15, 0.2) is 29.3 Å². The fourth-order valence-electron chi connectivity index (χ4n) is 3.72. The number of hydrogen-bond donors (Lipinski definition) is 2. The van der Waals surface area contributed by atoms with Crippen molar-refractivity contribution in [3.05, 3.63) is 34.9 Å². The van der Waals surface area contributed by atoms with Gasteiger partial charge < -0.3 is 15.5 Å². The normalized spacial score (nSPS) is 21.6. The lowest BCUT2D eigenvalue weighted by atomic mass is 10.1. The first-order valence-corrected chi connectivity index (χ1v) is 9.54. The molecule has 6 heteroatoms. The van der Waals surface area contributed by atoms with Gasteiger partial charge in [0.1, 0.15) is 0 Å². The van der Waals surface area contributed by atoms with E-state index in [1.165, 1.54) is 12.8 Å². The molecule has 1 aromatic rings. The maximum Gasteiger partial charge on any atom is 0.225 e. The first kappa shape index (κ1) is 18.1. The van der Waals surface area contributed by atoms with Gasteiger partial charge in [0, 0.05) is 43.7 Å². The zero-order valence-corrected chi connectivity index (χ0v) is 15.6. The molecule has 136 valence electrons. The van der Waals surface area contributed by atoms with E-state index >= 15 is 0 Å². The number of rotatable bonds is 4. The van der Waals surface area contributed by atoms with Gasteiger partial charge >= 0.3 is 0 Å². The van der Waals surface area contributed by atoms with Crippen LogP contribution >= 0.6 is 11.6 Å². The summed E-state index contributed by atoms with van der Waals surface area (Å²) in [6, 6.07) is 8.04. The van der Waals surface area contributed by atoms with Crippen molar-refractivity contribution in [2.45, 2.75) is 44.7 Å². The fourth-order valence-corrected chi connectivity index (χ4v) is 3.92. The fraction of sp³-hybridized carbons (Fsp3) is 0.579. The van der Waals surface area contributed by atoms with Crippen LogP contribution in [0.2, 0.25) is 5.02 Å². The number of carbonyl (C=O) groups excluding carboxylic acids is 1. The second-order valence-corrected chi connectivity index (χ2v) is 7.32. The number of likely N-dealkylation sites (tertiary alicyclic amines) is 1. The number of amides is 1. The number of halogens is 1. The van der Waals surface area contributed by atoms with Crippen molar-refractivity contribution in [2.24, 2.45) is 10.9 Å². The molecule has 1 aromatic carbocycles. The molecule has 1 aliphatic heterocycles. The average Bonchev–Trinajstić information content (AvgIpc) is 3.31. The molecule has 3 rings (SSSR count). The monoisotopic (exact) mass is 362 g/mol. The first-order chi connectivity index (χ1) is 12.2. The lowest BCUT2D eigenvalue weighted by Gasteiger charge is -2.21. The highest BCUT2D eigenvalue weighted by Crippen LogP contribution is 2.27. The van der Waals surface area contributed by atoms with Crippen LogP contribution < -0.4 is 10.6 Å². The van der Waals surface area contributed by atoms with Crippen molar-refractivity contribution >= 4 is 23.5 Å². The van der Waals surface area contributed by atoms with E-state index in [-0.39, 0.29) is 12.0 Å². The van der Waals surface area contributed by atoms with Gasteiger partial charge in [0.25, 0.3) is 0 Å². The maximum absolute atomic E-state index is 12.5. The Morgan fingerprint density at radius 1 is 1.28 bits per heavy atom. The molecule has 2 aliphatic rings. The van der Waals surface area contributed by atoms with Gasteiger partial charge in [-0.1, -0.05) is 42.6 Å². The van der Waals surface area contributed by atoms with Crippen LogP contribution in [0.3, 0.4) is 0 Å². The maximum atomic E-state index is 12.5. The van der Waals surface area contributed by atoms with Crippen molar-refractivity contribution in [3.63, 3.8) is 0 Å². The third-order valence-corrected chi connectivity index (χ3v) is 5.54. The number of guanidine groups is 1. The molecule has 1 amide bonds. The summed E-state index contributed by atoms with van der Waals surface area (Å²) in [4.78, 5) is 18.8. The minimum absolute atomic E-state index is 0.253. The molecule has 1 saturated heterocycles. The molecular weight excluding hydrogens is 336 g/mol. The van der Waals surface area contributed by atoms with Gasteiger partial charge in [0.2, 0.25) is 5.91 Å². The van der Waals surface area contributed by atoms with E-state index in [4.69, 9.17) is 11.6 Å². The van der Waals surface area contributed by atoms with Crippen LogP contribution in [-0.4, -0.2) is 42.9 Å². The summed E-state index contributed by atoms with van der Waals surface area (Å²) in [6.07, 6.45) is 5.49. The Labute approximate surface area is 154 Å². The standard InChI is InChI=1S/C19H27ClN4O/c1-21-19(22-12-15-8-4-5-9-17(15)20)23-16-10-11-24(13-16)18(25)14-6-2-3-7-14/h4-5,8-9,14,16H,2-3,6-7,10-13H2,1H3,(H2,21,22,23). The third-order valence-electron chi connectivity index (χ3n) is 5.17. The van der Waals surface area contributed by atoms with Crippen molar-refractivity contribution in [2.75, 3.05) is 20.1 Å². The molecule has 25 heavy (non-hydrogen) atoms. The minimum atomic E-state index is 0.253. The lowest BCUT2D eigenvalue weighted by molar-refractivity contribution is -0.134. The summed E-state index contributed by atoms with van der Waals surface area (Å²) in [7, 11) is 1.76. The zero-order valence-electron chi connectivity index (χ0n) is 14.8. The summed E-state index contributed by atoms with van der Waals surface area (Å²) in [5.74, 6) is 1.36. The largest absolute Gasteiger partial charge is 0.352 e. The molecule has 1 aliphatic carbocycles. The predicted octanol–water partition coefficient (Wildman–Crippen LogP) is 2.80. The highest BCUT2D eigenvalue weighted by atomic mass is 35.5. The number of aliphatic imine (C=N–C) groups is 1. The third kappa shape index (κ3) is 4.66. The van der Waals surface area contributed by atoms with Crippen LogP contribution in [-0.2, 0) is 11.3 Å². The Morgan fingerprint density at radius 3 is 2.76 bits per heavy atom. The van der Waals surface area contributed by atoms with E-state index in [1.807, 2.05) is 29.2 Å². The predicted molar refractivity (Wildman–Crippen MR) is 102 cm³/mol. The molecule has 0 aromatic heterocycles. The summed E-state index contributed by atoms with van der Waals surface area (Å²) in [5, 5.41) is 7.49. The summed E-state index contributed by atoms with van der Waals surface area (Å²) in [5.41, 5.74) is 1.04. The quantitative estimate of drug-likeness (QED) is 0.639. The minimum Gasteiger partial charge on any atom is -0.352 e. The van der Waals surface area contributed by atoms with E-state index in [1.54, 1.807) is 7.05 Å². The molecular formula is C19H27ClN4O. The topological polar surface area (TPSA) is 56.7 Å². The average molecular weight is 363 g/mol. The Balaban J connectivity index is 1.48. The number of nitrogens with one attached hydrogen (secondary N) is 2. The van der Waals surface area contributed by atoms with Crippen LogP contribution in [0, 0.1) is 5.92 Å². The summed E-state index contributed by atoms with van der Waals surface area (Å²) < 4.78 is 0. The number of nitrogens with zero attached hydrogens (tertiary/aromatic N) is 2. The van der Waals surface area contributed by atoms with Gasteiger partial charge in [-0.25, -0.2) is 0 Å². The van der Waals surface area contributed by atoms with Crippen LogP contribution in [0.4, 0.5) is 0 Å². The van der Waals surface area contributed by atoms with Gasteiger partial charge in [0.15, 0.2) is 5.96 Å². The molecule has 1 saturated carbocycles. The Hall–Kier alpha value is -1.75. The van der Waals surface area contributed by atoms with Gasteiger partial charge in [-0.2, -0.15) is 0 Å². The molecule has 2 fully saturated rings. The summed E-state index contributed by atoms with van der Waals surface area (Å²) >= 11 is 6.19. The molecule has 1 heterocycles. The highest BCUT2D eigenvalue weighted by molar-refractivity contribution is 6.31. The van der Waals surface area contributed by atoms with E-state index in [9.17, 15) is 4.79 Å². The smallest absolute Gasteiger partial charge is 0.225 e. The second-order valence-electron chi connectivity index (χ2n) is 6.91. The van der Waals surface area contributed by atoms with E-state index in [2.05, 4.69) is 15.6 Å². The van der Waals surface area contributed by atoms with Crippen molar-refractivity contribution < 1.29 is 4.79 Å². The second kappa shape index (κ2) is 8.56. The van der Waals surface area contributed by atoms with E-state index < -0.39 is 0 Å². The van der Waals surface area contributed by atoms with Gasteiger partial charge in [-0.3, -0.25) is 9.79 Å². The SMILES string of the molecule is CN=C(NCc1ccccc1Cl)NC1CCN(C(=O)C2CCCC2)C1. The van der Waals surface area contributed by atoms with Crippen molar-refractivity contribution in [3.8, 4) is 0 Å². The van der Waals surface area contributed by atoms with Gasteiger partial charge in [-0.15, -0.1) is 0 Å². The number of benzene rings is 1. The van der Waals surface area contributed by atoms with E-state index in [0.717, 1.165) is 48.9 Å². The molecule has 1 unspecified atom stereocenters. The highest BCUT2D eigenvalue weighted by Gasteiger charge is 2.32. The van der Waals surface area contributed by atoms with Crippen molar-refractivity contribution in [1.29, 1.82) is 0 Å². The molecule has 0 spiro atoms. The Morgan fingerprint density at radius 2 is 2.04 bits per heavy atom. The number of hydrogen-bond acceptors (Lipinski definition) is 2. The van der Waals surface area contributed by atoms with Crippen molar-refractivity contribution in [1.82, 2.24) is 15.5 Å². The molecule has 0 radical (unpaired) electrons. The Bertz CT molecular complexity index is 628. The molecule has 1 atom stereocenters. The lowest BCUT2D eigenvalue weighted by Crippen LogP contribution is -2.45.